The number of benzene rings is 1. The lowest BCUT2D eigenvalue weighted by atomic mass is 10.2. The largest absolute Gasteiger partial charge is 0.493 e. The molecule has 150 valence electrons. The fourth-order valence-electron chi connectivity index (χ4n) is 2.11. The Morgan fingerprint density at radius 1 is 1.21 bits per heavy atom. The van der Waals surface area contributed by atoms with Gasteiger partial charge in [0.15, 0.2) is 22.3 Å². The monoisotopic (exact) mass is 424 g/mol. The molecule has 0 atom stereocenters. The van der Waals surface area contributed by atoms with Crippen LogP contribution < -0.4 is 20.3 Å². The van der Waals surface area contributed by atoms with Gasteiger partial charge in [-0.1, -0.05) is 36.7 Å². The summed E-state index contributed by atoms with van der Waals surface area (Å²) < 4.78 is 10.9. The van der Waals surface area contributed by atoms with Crippen LogP contribution in [0.3, 0.4) is 0 Å². The third-order valence-corrected chi connectivity index (χ3v) is 4.43. The number of hydrogen-bond acceptors (Lipinski definition) is 7. The number of hydrogen-bond donors (Lipinski definition) is 2. The number of hydrazine groups is 1. The number of aromatic nitrogens is 2. The van der Waals surface area contributed by atoms with E-state index in [0.717, 1.165) is 12.8 Å². The molecule has 2 rings (SSSR count). The van der Waals surface area contributed by atoms with E-state index in [0.29, 0.717) is 28.8 Å². The Hall–Kier alpha value is -2.52. The topological polar surface area (TPSA) is 102 Å². The van der Waals surface area contributed by atoms with Gasteiger partial charge in [-0.25, -0.2) is 9.97 Å². The van der Waals surface area contributed by atoms with E-state index in [9.17, 15) is 9.59 Å². The molecule has 0 fully saturated rings. The van der Waals surface area contributed by atoms with Crippen molar-refractivity contribution in [1.29, 1.82) is 0 Å². The summed E-state index contributed by atoms with van der Waals surface area (Å²) in [7, 11) is 1.49. The Morgan fingerprint density at radius 3 is 2.64 bits per heavy atom. The lowest BCUT2D eigenvalue weighted by Crippen LogP contribution is -2.42. The van der Waals surface area contributed by atoms with Gasteiger partial charge in [0.05, 0.1) is 24.9 Å². The highest BCUT2D eigenvalue weighted by molar-refractivity contribution is 7.98. The van der Waals surface area contributed by atoms with E-state index in [1.165, 1.54) is 31.1 Å². The van der Waals surface area contributed by atoms with Crippen LogP contribution in [0.15, 0.2) is 29.6 Å². The maximum Gasteiger partial charge on any atom is 0.289 e. The van der Waals surface area contributed by atoms with Crippen molar-refractivity contribution >= 4 is 35.2 Å². The molecule has 0 radical (unpaired) electrons. The average Bonchev–Trinajstić information content (AvgIpc) is 2.72. The van der Waals surface area contributed by atoms with E-state index in [4.69, 9.17) is 21.1 Å². The van der Waals surface area contributed by atoms with Gasteiger partial charge in [0.25, 0.3) is 11.8 Å². The summed E-state index contributed by atoms with van der Waals surface area (Å²) in [6, 6.07) is 4.76. The number of ether oxygens (including phenoxy) is 2. The quantitative estimate of drug-likeness (QED) is 0.290. The standard InChI is InChI=1S/C18H21ClN4O4S/c1-4-5-8-27-13-7-6-11(9-14(13)26-2)16(24)22-23-17(25)15-12(19)10-20-18(21-15)28-3/h6-7,9-10H,4-5,8H2,1-3H3,(H,22,24)(H,23,25). The Morgan fingerprint density at radius 2 is 1.96 bits per heavy atom. The van der Waals surface area contributed by atoms with Gasteiger partial charge in [0.1, 0.15) is 0 Å². The second-order valence-electron chi connectivity index (χ2n) is 5.53. The van der Waals surface area contributed by atoms with Crippen molar-refractivity contribution in [2.75, 3.05) is 20.0 Å². The zero-order chi connectivity index (χ0) is 20.5. The van der Waals surface area contributed by atoms with E-state index >= 15 is 0 Å². The van der Waals surface area contributed by atoms with E-state index in [1.807, 2.05) is 0 Å². The molecule has 2 N–H and O–H groups in total. The zero-order valence-electron chi connectivity index (χ0n) is 15.7. The minimum absolute atomic E-state index is 0.0291. The molecule has 10 heteroatoms. The Bertz CT molecular complexity index is 850. The van der Waals surface area contributed by atoms with E-state index in [1.54, 1.807) is 18.4 Å². The molecule has 0 saturated heterocycles. The van der Waals surface area contributed by atoms with Crippen molar-refractivity contribution in [1.82, 2.24) is 20.8 Å². The number of nitrogens with zero attached hydrogens (tertiary/aromatic N) is 2. The summed E-state index contributed by atoms with van der Waals surface area (Å²) in [5.41, 5.74) is 4.87. The third kappa shape index (κ3) is 5.74. The molecule has 0 unspecified atom stereocenters. The first-order valence-corrected chi connectivity index (χ1v) is 10.1. The van der Waals surface area contributed by atoms with Crippen LogP contribution in [0, 0.1) is 0 Å². The van der Waals surface area contributed by atoms with Gasteiger partial charge in [0, 0.05) is 5.56 Å². The SMILES string of the molecule is CCCCOc1ccc(C(=O)NNC(=O)c2nc(SC)ncc2Cl)cc1OC. The maximum absolute atomic E-state index is 12.3. The molecule has 0 aliphatic rings. The van der Waals surface area contributed by atoms with Gasteiger partial charge < -0.3 is 9.47 Å². The molecule has 1 aromatic heterocycles. The fourth-order valence-corrected chi connectivity index (χ4v) is 2.63. The van der Waals surface area contributed by atoms with Crippen molar-refractivity contribution in [2.45, 2.75) is 24.9 Å². The molecule has 1 heterocycles. The second-order valence-corrected chi connectivity index (χ2v) is 6.71. The van der Waals surface area contributed by atoms with Gasteiger partial charge in [0.2, 0.25) is 0 Å². The maximum atomic E-state index is 12.3. The van der Waals surface area contributed by atoms with Gasteiger partial charge in [-0.15, -0.1) is 0 Å². The summed E-state index contributed by atoms with van der Waals surface area (Å²) in [4.78, 5) is 32.6. The van der Waals surface area contributed by atoms with Gasteiger partial charge in [-0.2, -0.15) is 0 Å². The first-order chi connectivity index (χ1) is 13.5. The van der Waals surface area contributed by atoms with E-state index in [2.05, 4.69) is 27.7 Å². The molecular weight excluding hydrogens is 404 g/mol. The van der Waals surface area contributed by atoms with Crippen LogP contribution in [-0.4, -0.2) is 41.8 Å². The van der Waals surface area contributed by atoms with Crippen molar-refractivity contribution in [2.24, 2.45) is 0 Å². The number of thioether (sulfide) groups is 1. The number of nitrogens with one attached hydrogen (secondary N) is 2. The number of carbonyl (C=O) groups is 2. The lowest BCUT2D eigenvalue weighted by Gasteiger charge is -2.12. The van der Waals surface area contributed by atoms with Crippen LogP contribution in [0.1, 0.15) is 40.6 Å². The molecule has 1 aromatic carbocycles. The summed E-state index contributed by atoms with van der Waals surface area (Å²) in [5.74, 6) is -0.197. The minimum atomic E-state index is -0.650. The summed E-state index contributed by atoms with van der Waals surface area (Å²) in [6.45, 7) is 2.63. The number of halogens is 1. The molecule has 0 spiro atoms. The van der Waals surface area contributed by atoms with Crippen LogP contribution >= 0.6 is 23.4 Å². The molecule has 2 aromatic rings. The van der Waals surface area contributed by atoms with Gasteiger partial charge >= 0.3 is 0 Å². The normalized spacial score (nSPS) is 10.3. The molecule has 0 bridgehead atoms. The van der Waals surface area contributed by atoms with Crippen LogP contribution in [0.25, 0.3) is 0 Å². The van der Waals surface area contributed by atoms with Crippen LogP contribution in [0.5, 0.6) is 11.5 Å². The first kappa shape index (κ1) is 21.8. The molecule has 2 amide bonds. The van der Waals surface area contributed by atoms with Crippen LogP contribution in [0.2, 0.25) is 5.02 Å². The van der Waals surface area contributed by atoms with E-state index in [-0.39, 0.29) is 10.7 Å². The number of carbonyl (C=O) groups excluding carboxylic acids is 2. The molecule has 8 nitrogen and oxygen atoms in total. The fraction of sp³-hybridized carbons (Fsp3) is 0.333. The highest BCUT2D eigenvalue weighted by Crippen LogP contribution is 2.28. The number of methoxy groups -OCH3 is 1. The van der Waals surface area contributed by atoms with Gasteiger partial charge in [-0.3, -0.25) is 20.4 Å². The second kappa shape index (κ2) is 10.7. The summed E-state index contributed by atoms with van der Waals surface area (Å²) >= 11 is 7.22. The Balaban J connectivity index is 2.03. The van der Waals surface area contributed by atoms with Crippen molar-refractivity contribution < 1.29 is 19.1 Å². The molecule has 28 heavy (non-hydrogen) atoms. The minimum Gasteiger partial charge on any atom is -0.493 e. The van der Waals surface area contributed by atoms with Crippen molar-refractivity contribution in [3.05, 3.63) is 40.7 Å². The number of amides is 2. The Labute approximate surface area is 172 Å². The third-order valence-electron chi connectivity index (χ3n) is 3.59. The number of rotatable bonds is 8. The Kier molecular flexibility index (Phi) is 8.34. The zero-order valence-corrected chi connectivity index (χ0v) is 17.3. The number of unbranched alkanes of at least 4 members (excludes halogenated alkanes) is 1. The predicted octanol–water partition coefficient (Wildman–Crippen LogP) is 3.11. The van der Waals surface area contributed by atoms with Crippen molar-refractivity contribution in [3.8, 4) is 11.5 Å². The molecular formula is C18H21ClN4O4S. The molecule has 0 aliphatic carbocycles. The smallest absolute Gasteiger partial charge is 0.289 e. The summed E-state index contributed by atoms with van der Waals surface area (Å²) in [5, 5.41) is 0.476. The first-order valence-electron chi connectivity index (χ1n) is 8.48. The highest BCUT2D eigenvalue weighted by atomic mass is 35.5. The van der Waals surface area contributed by atoms with Crippen molar-refractivity contribution in [3.63, 3.8) is 0 Å². The van der Waals surface area contributed by atoms with Crippen LogP contribution in [0.4, 0.5) is 0 Å². The molecule has 0 aliphatic heterocycles. The lowest BCUT2D eigenvalue weighted by molar-refractivity contribution is 0.0843. The van der Waals surface area contributed by atoms with E-state index < -0.39 is 11.8 Å². The highest BCUT2D eigenvalue weighted by Gasteiger charge is 2.16. The summed E-state index contributed by atoms with van der Waals surface area (Å²) in [6.07, 6.45) is 5.04. The molecule has 0 saturated carbocycles. The van der Waals surface area contributed by atoms with Crippen LogP contribution in [-0.2, 0) is 0 Å². The predicted molar refractivity (Wildman–Crippen MR) is 107 cm³/mol. The average molecular weight is 425 g/mol. The van der Waals surface area contributed by atoms with Gasteiger partial charge in [-0.05, 0) is 30.9 Å².